The number of likely N-dealkylation sites (tertiary alicyclic amines) is 1. The Balaban J connectivity index is 1.91. The Bertz CT molecular complexity index is 1580. The first kappa shape index (κ1) is 22.9. The molecule has 0 aliphatic carbocycles. The van der Waals surface area contributed by atoms with Gasteiger partial charge >= 0.3 is 0 Å². The molecule has 2 aliphatic heterocycles. The van der Waals surface area contributed by atoms with Crippen molar-refractivity contribution in [1.29, 1.82) is 0 Å². The second-order valence-corrected chi connectivity index (χ2v) is 8.96. The summed E-state index contributed by atoms with van der Waals surface area (Å²) in [7, 11) is 0. The van der Waals surface area contributed by atoms with Crippen LogP contribution < -0.4 is 32.2 Å². The Kier molecular flexibility index (Phi) is 5.68. The van der Waals surface area contributed by atoms with E-state index in [9.17, 15) is 9.59 Å². The van der Waals surface area contributed by atoms with Gasteiger partial charge in [0, 0.05) is 30.5 Å². The zero-order valence-corrected chi connectivity index (χ0v) is 19.7. The second-order valence-electron chi connectivity index (χ2n) is 8.96. The van der Waals surface area contributed by atoms with Crippen LogP contribution in [0.1, 0.15) is 37.0 Å². The summed E-state index contributed by atoms with van der Waals surface area (Å²) in [5.41, 5.74) is 11.9. The number of piperidine rings is 1. The first-order chi connectivity index (χ1) is 16.8. The van der Waals surface area contributed by atoms with E-state index >= 15 is 4.39 Å². The predicted octanol–water partition coefficient (Wildman–Crippen LogP) is 2.01. The fourth-order valence-electron chi connectivity index (χ4n) is 4.94. The number of carbonyl (C=O) groups is 1. The molecule has 0 bridgehead atoms. The van der Waals surface area contributed by atoms with Gasteiger partial charge in [-0.25, -0.2) is 4.39 Å². The SMILES string of the molecule is C/C=c1/c(=O)c(C(N)=O)cn2c1=C(/C(=C(\C)F)N1CCC(N)CC1)Oc1cc3ccccc3cc1-2. The van der Waals surface area contributed by atoms with Gasteiger partial charge in [0.25, 0.3) is 5.91 Å². The van der Waals surface area contributed by atoms with Crippen LogP contribution in [-0.2, 0) is 0 Å². The van der Waals surface area contributed by atoms with E-state index in [-0.39, 0.29) is 28.3 Å². The van der Waals surface area contributed by atoms with Crippen molar-refractivity contribution >= 4 is 28.5 Å². The Morgan fingerprint density at radius 3 is 2.43 bits per heavy atom. The summed E-state index contributed by atoms with van der Waals surface area (Å²) >= 11 is 0. The molecule has 1 amide bonds. The Morgan fingerprint density at radius 1 is 1.17 bits per heavy atom. The quantitative estimate of drug-likeness (QED) is 0.605. The van der Waals surface area contributed by atoms with Gasteiger partial charge in [0.05, 0.1) is 5.69 Å². The minimum atomic E-state index is -0.828. The summed E-state index contributed by atoms with van der Waals surface area (Å²) in [6, 6.07) is 11.6. The molecule has 8 heteroatoms. The average Bonchev–Trinajstić information content (AvgIpc) is 2.83. The maximum atomic E-state index is 15.2. The lowest BCUT2D eigenvalue weighted by atomic mass is 10.0. The first-order valence-electron chi connectivity index (χ1n) is 11.6. The molecule has 35 heavy (non-hydrogen) atoms. The fraction of sp³-hybridized carbons (Fsp3) is 0.259. The highest BCUT2D eigenvalue weighted by atomic mass is 19.1. The lowest BCUT2D eigenvalue weighted by molar-refractivity contribution is 0.0998. The van der Waals surface area contributed by atoms with E-state index in [1.165, 1.54) is 13.1 Å². The number of amides is 1. The molecule has 180 valence electrons. The number of halogens is 1. The maximum absolute atomic E-state index is 15.2. The Morgan fingerprint density at radius 2 is 1.83 bits per heavy atom. The number of nitrogens with zero attached hydrogens (tertiary/aromatic N) is 2. The van der Waals surface area contributed by atoms with E-state index in [0.717, 1.165) is 10.8 Å². The number of primary amides is 1. The van der Waals surface area contributed by atoms with Crippen LogP contribution in [0, 0.1) is 0 Å². The van der Waals surface area contributed by atoms with E-state index in [0.29, 0.717) is 42.7 Å². The number of allylic oxidation sites excluding steroid dienone is 1. The van der Waals surface area contributed by atoms with E-state index in [1.54, 1.807) is 17.6 Å². The van der Waals surface area contributed by atoms with Crippen molar-refractivity contribution in [2.45, 2.75) is 32.7 Å². The molecule has 2 aromatic carbocycles. The third kappa shape index (κ3) is 3.80. The zero-order chi connectivity index (χ0) is 24.9. The molecule has 0 radical (unpaired) electrons. The van der Waals surface area contributed by atoms with Gasteiger partial charge in [-0.3, -0.25) is 9.59 Å². The monoisotopic (exact) mass is 474 g/mol. The van der Waals surface area contributed by atoms with Crippen LogP contribution in [0.15, 0.2) is 58.9 Å². The number of benzene rings is 2. The van der Waals surface area contributed by atoms with Crippen LogP contribution >= 0.6 is 0 Å². The molecule has 1 saturated heterocycles. The highest BCUT2D eigenvalue weighted by molar-refractivity contribution is 5.93. The molecule has 5 rings (SSSR count). The number of rotatable bonds is 3. The van der Waals surface area contributed by atoms with Gasteiger partial charge in [-0.1, -0.05) is 30.3 Å². The number of aromatic nitrogens is 1. The summed E-state index contributed by atoms with van der Waals surface area (Å²) in [5, 5.41) is 2.50. The van der Waals surface area contributed by atoms with Crippen LogP contribution in [0.4, 0.5) is 4.39 Å². The van der Waals surface area contributed by atoms with Gasteiger partial charge < -0.3 is 25.7 Å². The fourth-order valence-corrected chi connectivity index (χ4v) is 4.94. The second kappa shape index (κ2) is 8.70. The van der Waals surface area contributed by atoms with E-state index in [2.05, 4.69) is 0 Å². The highest BCUT2D eigenvalue weighted by Gasteiger charge is 2.30. The van der Waals surface area contributed by atoms with Crippen molar-refractivity contribution in [3.8, 4) is 11.4 Å². The zero-order valence-electron chi connectivity index (χ0n) is 19.7. The molecule has 4 N–H and O–H groups in total. The van der Waals surface area contributed by atoms with Crippen molar-refractivity contribution in [2.24, 2.45) is 11.5 Å². The Hall–Kier alpha value is -3.91. The molecular weight excluding hydrogens is 447 g/mol. The largest absolute Gasteiger partial charge is 0.451 e. The molecule has 0 unspecified atom stereocenters. The van der Waals surface area contributed by atoms with E-state index < -0.39 is 17.2 Å². The molecule has 3 aromatic rings. The molecule has 7 nitrogen and oxygen atoms in total. The molecule has 0 atom stereocenters. The minimum absolute atomic E-state index is 0.0596. The molecule has 1 fully saturated rings. The number of pyridine rings is 1. The molecule has 0 spiro atoms. The summed E-state index contributed by atoms with van der Waals surface area (Å²) in [6.45, 7) is 4.20. The van der Waals surface area contributed by atoms with Crippen LogP contribution in [-0.4, -0.2) is 34.5 Å². The van der Waals surface area contributed by atoms with Crippen molar-refractivity contribution in [3.63, 3.8) is 0 Å². The summed E-state index contributed by atoms with van der Waals surface area (Å²) < 4.78 is 23.4. The third-order valence-corrected chi connectivity index (χ3v) is 6.71. The smallest absolute Gasteiger partial charge is 0.254 e. The standard InChI is InChI=1S/C27H27FN4O3/c1-3-19-24-26(23(15(2)28)31-10-8-18(29)9-11-31)35-22-13-17-7-5-4-6-16(17)12-21(22)32(24)14-20(25(19)33)27(30)34/h3-7,12-14,18H,8-11,29H2,1-2H3,(H2,30,34)/b19-3+,23-15-. The number of carbonyl (C=O) groups excluding carboxylic acids is 1. The van der Waals surface area contributed by atoms with Gasteiger partial charge in [-0.15, -0.1) is 0 Å². The minimum Gasteiger partial charge on any atom is -0.451 e. The average molecular weight is 475 g/mol. The van der Waals surface area contributed by atoms with Gasteiger partial charge in [0.1, 0.15) is 22.4 Å². The third-order valence-electron chi connectivity index (χ3n) is 6.71. The van der Waals surface area contributed by atoms with Crippen LogP contribution in [0.2, 0.25) is 0 Å². The Labute approximate surface area is 201 Å². The van der Waals surface area contributed by atoms with Gasteiger partial charge in [-0.2, -0.15) is 0 Å². The summed E-state index contributed by atoms with van der Waals surface area (Å²) in [5.74, 6) is -0.546. The maximum Gasteiger partial charge on any atom is 0.254 e. The normalized spacial score (nSPS) is 17.1. The van der Waals surface area contributed by atoms with Gasteiger partial charge in [-0.05, 0) is 49.6 Å². The topological polar surface area (TPSA) is 104 Å². The lowest BCUT2D eigenvalue weighted by Crippen LogP contribution is -2.52. The van der Waals surface area contributed by atoms with Crippen molar-refractivity contribution < 1.29 is 13.9 Å². The number of hydrogen-bond donors (Lipinski definition) is 2. The van der Waals surface area contributed by atoms with Crippen molar-refractivity contribution in [1.82, 2.24) is 9.47 Å². The molecule has 0 saturated carbocycles. The van der Waals surface area contributed by atoms with E-state index in [1.807, 2.05) is 41.3 Å². The highest BCUT2D eigenvalue weighted by Crippen LogP contribution is 2.35. The number of nitrogens with two attached hydrogens (primary N) is 2. The lowest BCUT2D eigenvalue weighted by Gasteiger charge is -2.35. The predicted molar refractivity (Wildman–Crippen MR) is 134 cm³/mol. The summed E-state index contributed by atoms with van der Waals surface area (Å²) in [4.78, 5) is 27.3. The first-order valence-corrected chi connectivity index (χ1v) is 11.6. The molecule has 2 aliphatic rings. The van der Waals surface area contributed by atoms with Crippen molar-refractivity contribution in [3.05, 3.63) is 80.5 Å². The van der Waals surface area contributed by atoms with Crippen LogP contribution in [0.25, 0.3) is 28.3 Å². The van der Waals surface area contributed by atoms with E-state index in [4.69, 9.17) is 16.2 Å². The number of ether oxygens (including phenoxy) is 1. The van der Waals surface area contributed by atoms with Crippen LogP contribution in [0.3, 0.4) is 0 Å². The van der Waals surface area contributed by atoms with Crippen LogP contribution in [0.5, 0.6) is 5.75 Å². The molecule has 3 heterocycles. The molecule has 1 aromatic heterocycles. The van der Waals surface area contributed by atoms with Gasteiger partial charge in [0.15, 0.2) is 11.5 Å². The van der Waals surface area contributed by atoms with Crippen molar-refractivity contribution in [2.75, 3.05) is 13.1 Å². The summed E-state index contributed by atoms with van der Waals surface area (Å²) in [6.07, 6.45) is 4.46. The number of hydrogen-bond acceptors (Lipinski definition) is 5. The van der Waals surface area contributed by atoms with Gasteiger partial charge in [0.2, 0.25) is 5.43 Å². The molecular formula is C27H27FN4O3. The number of fused-ring (bicyclic) bond motifs is 4.